The lowest BCUT2D eigenvalue weighted by Crippen LogP contribution is -2.52. The van der Waals surface area contributed by atoms with Crippen LogP contribution >= 0.6 is 0 Å². The normalized spacial score (nSPS) is 21.0. The molecule has 130 valence electrons. The molecule has 2 aromatic rings. The van der Waals surface area contributed by atoms with E-state index in [2.05, 4.69) is 39.0 Å². The van der Waals surface area contributed by atoms with Gasteiger partial charge in [0.15, 0.2) is 0 Å². The van der Waals surface area contributed by atoms with Crippen LogP contribution in [-0.4, -0.2) is 53.2 Å². The maximum absolute atomic E-state index is 10.9. The summed E-state index contributed by atoms with van der Waals surface area (Å²) < 4.78 is 0. The quantitative estimate of drug-likeness (QED) is 0.932. The fourth-order valence-corrected chi connectivity index (χ4v) is 4.01. The Hall–Kier alpha value is -2.40. The van der Waals surface area contributed by atoms with E-state index < -0.39 is 5.97 Å². The van der Waals surface area contributed by atoms with Gasteiger partial charge < -0.3 is 10.0 Å². The highest BCUT2D eigenvalue weighted by molar-refractivity contribution is 5.87. The second kappa shape index (κ2) is 6.84. The number of nitrogens with zero attached hydrogens (tertiary/aromatic N) is 3. The van der Waals surface area contributed by atoms with Crippen molar-refractivity contribution in [3.05, 3.63) is 59.3 Å². The Morgan fingerprint density at radius 1 is 1.04 bits per heavy atom. The summed E-state index contributed by atoms with van der Waals surface area (Å²) in [5.74, 6) is -0.0555. The lowest BCUT2D eigenvalue weighted by atomic mass is 9.87. The molecule has 1 aromatic heterocycles. The maximum atomic E-state index is 10.9. The summed E-state index contributed by atoms with van der Waals surface area (Å²) in [6.07, 6.45) is 5.02. The van der Waals surface area contributed by atoms with Gasteiger partial charge in [-0.05, 0) is 42.5 Å². The molecule has 4 rings (SSSR count). The van der Waals surface area contributed by atoms with Crippen LogP contribution in [0.5, 0.6) is 0 Å². The number of carboxylic acids is 1. The number of aromatic carboxylic acids is 1. The van der Waals surface area contributed by atoms with Crippen LogP contribution in [-0.2, 0) is 12.8 Å². The summed E-state index contributed by atoms with van der Waals surface area (Å²) in [5, 5.41) is 8.97. The van der Waals surface area contributed by atoms with Crippen LogP contribution in [0.15, 0.2) is 42.6 Å². The Morgan fingerprint density at radius 3 is 2.48 bits per heavy atom. The van der Waals surface area contributed by atoms with Gasteiger partial charge in [-0.1, -0.05) is 24.3 Å². The van der Waals surface area contributed by atoms with Crippen LogP contribution in [0.4, 0.5) is 5.82 Å². The van der Waals surface area contributed by atoms with E-state index in [4.69, 9.17) is 5.11 Å². The Morgan fingerprint density at radius 2 is 1.80 bits per heavy atom. The number of pyridine rings is 1. The summed E-state index contributed by atoms with van der Waals surface area (Å²) >= 11 is 0. The molecule has 1 saturated heterocycles. The van der Waals surface area contributed by atoms with Crippen LogP contribution in [0.1, 0.15) is 27.9 Å². The first-order chi connectivity index (χ1) is 12.2. The number of hydrogen-bond donors (Lipinski definition) is 1. The van der Waals surface area contributed by atoms with E-state index >= 15 is 0 Å². The molecule has 2 aliphatic rings. The molecular formula is C20H23N3O2. The molecule has 1 aromatic carbocycles. The van der Waals surface area contributed by atoms with Gasteiger partial charge in [0.05, 0.1) is 5.56 Å². The van der Waals surface area contributed by atoms with Crippen molar-refractivity contribution in [2.45, 2.75) is 25.3 Å². The SMILES string of the molecule is O=C(O)c1ccc(N2CCN(C3CCc4ccccc4C3)CC2)nc1. The molecule has 0 radical (unpaired) electrons. The van der Waals surface area contributed by atoms with E-state index in [0.717, 1.165) is 38.4 Å². The number of aryl methyl sites for hydroxylation is 1. The second-order valence-electron chi connectivity index (χ2n) is 6.90. The van der Waals surface area contributed by atoms with Crippen molar-refractivity contribution in [3.8, 4) is 0 Å². The number of carboxylic acid groups (broad SMARTS) is 1. The molecule has 0 spiro atoms. The lowest BCUT2D eigenvalue weighted by molar-refractivity contribution is 0.0696. The topological polar surface area (TPSA) is 56.7 Å². The van der Waals surface area contributed by atoms with Crippen molar-refractivity contribution in [1.82, 2.24) is 9.88 Å². The summed E-state index contributed by atoms with van der Waals surface area (Å²) in [7, 11) is 0. The smallest absolute Gasteiger partial charge is 0.337 e. The third-order valence-corrected chi connectivity index (χ3v) is 5.47. The number of aromatic nitrogens is 1. The molecule has 5 heteroatoms. The Bertz CT molecular complexity index is 752. The molecule has 5 nitrogen and oxygen atoms in total. The Kier molecular flexibility index (Phi) is 4.40. The maximum Gasteiger partial charge on any atom is 0.337 e. The van der Waals surface area contributed by atoms with Crippen LogP contribution in [0, 0.1) is 0 Å². The van der Waals surface area contributed by atoms with Crippen molar-refractivity contribution in [1.29, 1.82) is 0 Å². The van der Waals surface area contributed by atoms with E-state index in [0.29, 0.717) is 6.04 Å². The number of fused-ring (bicyclic) bond motifs is 1. The third kappa shape index (κ3) is 3.37. The summed E-state index contributed by atoms with van der Waals surface area (Å²) in [6.45, 7) is 3.96. The van der Waals surface area contributed by atoms with Gasteiger partial charge in [0, 0.05) is 38.4 Å². The monoisotopic (exact) mass is 337 g/mol. The van der Waals surface area contributed by atoms with Gasteiger partial charge in [-0.25, -0.2) is 9.78 Å². The predicted octanol–water partition coefficient (Wildman–Crippen LogP) is 2.46. The van der Waals surface area contributed by atoms with Crippen molar-refractivity contribution >= 4 is 11.8 Å². The number of hydrogen-bond acceptors (Lipinski definition) is 4. The van der Waals surface area contributed by atoms with Gasteiger partial charge in [0.1, 0.15) is 5.82 Å². The van der Waals surface area contributed by atoms with Crippen molar-refractivity contribution in [2.75, 3.05) is 31.1 Å². The average molecular weight is 337 g/mol. The lowest BCUT2D eigenvalue weighted by Gasteiger charge is -2.41. The highest BCUT2D eigenvalue weighted by atomic mass is 16.4. The van der Waals surface area contributed by atoms with Crippen LogP contribution in [0.2, 0.25) is 0 Å². The van der Waals surface area contributed by atoms with E-state index in [1.54, 1.807) is 6.07 Å². The largest absolute Gasteiger partial charge is 0.478 e. The molecule has 1 N–H and O–H groups in total. The summed E-state index contributed by atoms with van der Waals surface area (Å²) in [6, 6.07) is 12.9. The first-order valence-corrected chi connectivity index (χ1v) is 8.96. The minimum absolute atomic E-state index is 0.239. The molecule has 1 unspecified atom stereocenters. The van der Waals surface area contributed by atoms with Crippen LogP contribution in [0.3, 0.4) is 0 Å². The highest BCUT2D eigenvalue weighted by Gasteiger charge is 2.27. The number of carbonyl (C=O) groups is 1. The minimum atomic E-state index is -0.929. The number of anilines is 1. The Balaban J connectivity index is 1.36. The second-order valence-corrected chi connectivity index (χ2v) is 6.90. The van der Waals surface area contributed by atoms with Crippen molar-refractivity contribution in [2.24, 2.45) is 0 Å². The average Bonchev–Trinajstić information content (AvgIpc) is 2.68. The standard InChI is InChI=1S/C20H23N3O2/c24-20(25)17-6-8-19(21-14-17)23-11-9-22(10-12-23)18-7-5-15-3-1-2-4-16(15)13-18/h1-4,6,8,14,18H,5,7,9-13H2,(H,24,25). The molecule has 0 amide bonds. The number of benzene rings is 1. The first-order valence-electron chi connectivity index (χ1n) is 8.96. The zero-order valence-electron chi connectivity index (χ0n) is 14.3. The first kappa shape index (κ1) is 16.1. The zero-order valence-corrected chi connectivity index (χ0v) is 14.3. The molecule has 0 bridgehead atoms. The van der Waals surface area contributed by atoms with Gasteiger partial charge >= 0.3 is 5.97 Å². The van der Waals surface area contributed by atoms with Crippen molar-refractivity contribution < 1.29 is 9.90 Å². The van der Waals surface area contributed by atoms with E-state index in [1.165, 1.54) is 30.2 Å². The fraction of sp³-hybridized carbons (Fsp3) is 0.400. The number of rotatable bonds is 3. The van der Waals surface area contributed by atoms with Gasteiger partial charge in [-0.2, -0.15) is 0 Å². The third-order valence-electron chi connectivity index (χ3n) is 5.47. The molecule has 2 heterocycles. The van der Waals surface area contributed by atoms with Gasteiger partial charge in [-0.15, -0.1) is 0 Å². The zero-order chi connectivity index (χ0) is 17.2. The molecule has 1 fully saturated rings. The van der Waals surface area contributed by atoms with Gasteiger partial charge in [0.25, 0.3) is 0 Å². The minimum Gasteiger partial charge on any atom is -0.478 e. The van der Waals surface area contributed by atoms with Gasteiger partial charge in [-0.3, -0.25) is 4.90 Å². The highest BCUT2D eigenvalue weighted by Crippen LogP contribution is 2.25. The number of piperazine rings is 1. The van der Waals surface area contributed by atoms with E-state index in [9.17, 15) is 4.79 Å². The fourth-order valence-electron chi connectivity index (χ4n) is 4.01. The van der Waals surface area contributed by atoms with Crippen LogP contribution in [0.25, 0.3) is 0 Å². The Labute approximate surface area is 147 Å². The van der Waals surface area contributed by atoms with Crippen LogP contribution < -0.4 is 4.90 Å². The predicted molar refractivity (Wildman–Crippen MR) is 97.2 cm³/mol. The van der Waals surface area contributed by atoms with Crippen molar-refractivity contribution in [3.63, 3.8) is 0 Å². The van der Waals surface area contributed by atoms with E-state index in [-0.39, 0.29) is 5.56 Å². The molecule has 0 saturated carbocycles. The molecule has 25 heavy (non-hydrogen) atoms. The summed E-state index contributed by atoms with van der Waals surface area (Å²) in [5.41, 5.74) is 3.26. The molecule has 1 aliphatic carbocycles. The molecule has 1 aliphatic heterocycles. The summed E-state index contributed by atoms with van der Waals surface area (Å²) in [4.78, 5) is 20.1. The molecular weight excluding hydrogens is 314 g/mol. The van der Waals surface area contributed by atoms with E-state index in [1.807, 2.05) is 6.07 Å². The molecule has 1 atom stereocenters. The van der Waals surface area contributed by atoms with Gasteiger partial charge in [0.2, 0.25) is 0 Å².